The average molecular weight is 420 g/mol. The van der Waals surface area contributed by atoms with Crippen LogP contribution in [-0.2, 0) is 9.47 Å². The molecule has 0 bridgehead atoms. The van der Waals surface area contributed by atoms with Gasteiger partial charge in [-0.3, -0.25) is 4.98 Å². The summed E-state index contributed by atoms with van der Waals surface area (Å²) in [6.07, 6.45) is 0.842. The number of benzene rings is 1. The van der Waals surface area contributed by atoms with Crippen molar-refractivity contribution in [2.24, 2.45) is 0 Å². The molecule has 3 aromatic rings. The highest BCUT2D eigenvalue weighted by Gasteiger charge is 2.28. The molecule has 2 fully saturated rings. The van der Waals surface area contributed by atoms with E-state index in [0.717, 1.165) is 54.3 Å². The van der Waals surface area contributed by atoms with Crippen LogP contribution in [0, 0.1) is 0 Å². The summed E-state index contributed by atoms with van der Waals surface area (Å²) in [6.45, 7) is 4.49. The Hall–Kier alpha value is -3.39. The maximum absolute atomic E-state index is 10.9. The summed E-state index contributed by atoms with van der Waals surface area (Å²) in [6, 6.07) is 14.3. The number of hydrogen-bond acceptors (Lipinski definition) is 7. The molecule has 5 rings (SSSR count). The summed E-state index contributed by atoms with van der Waals surface area (Å²) < 4.78 is 10.4. The molecule has 2 aliphatic heterocycles. The molecule has 4 heterocycles. The fraction of sp³-hybridized carbons (Fsp3) is 0.348. The maximum atomic E-state index is 10.9. The number of ether oxygens (including phenoxy) is 2. The Bertz CT molecular complexity index is 1080. The molecular formula is C23H24N4O4. The molecule has 1 atom stereocenters. The summed E-state index contributed by atoms with van der Waals surface area (Å²) in [5.41, 5.74) is 3.91. The second-order valence-electron chi connectivity index (χ2n) is 7.79. The molecule has 160 valence electrons. The number of hydrogen-bond donors (Lipinski definition) is 1. The van der Waals surface area contributed by atoms with Crippen molar-refractivity contribution in [2.45, 2.75) is 12.5 Å². The van der Waals surface area contributed by atoms with E-state index in [1.807, 2.05) is 18.2 Å². The predicted molar refractivity (Wildman–Crippen MR) is 118 cm³/mol. The van der Waals surface area contributed by atoms with Crippen LogP contribution in [-0.4, -0.2) is 66.7 Å². The van der Waals surface area contributed by atoms with Crippen LogP contribution in [0.1, 0.15) is 6.42 Å². The Morgan fingerprint density at radius 1 is 1.10 bits per heavy atom. The molecule has 2 saturated heterocycles. The first-order chi connectivity index (χ1) is 15.2. The van der Waals surface area contributed by atoms with Gasteiger partial charge in [-0.1, -0.05) is 12.1 Å². The molecule has 1 N–H and O–H groups in total. The highest BCUT2D eigenvalue weighted by molar-refractivity contribution is 5.92. The topological polar surface area (TPSA) is 88.0 Å². The average Bonchev–Trinajstić information content (AvgIpc) is 3.26. The lowest BCUT2D eigenvalue weighted by molar-refractivity contribution is 0.0602. The molecule has 0 spiro atoms. The minimum absolute atomic E-state index is 0.345. The van der Waals surface area contributed by atoms with Crippen LogP contribution in [0.25, 0.3) is 22.2 Å². The summed E-state index contributed by atoms with van der Waals surface area (Å²) in [5.74, 6) is 0.814. The first-order valence-electron chi connectivity index (χ1n) is 10.5. The number of fused-ring (bicyclic) bond motifs is 1. The number of pyridine rings is 2. The van der Waals surface area contributed by atoms with E-state index in [1.54, 1.807) is 6.20 Å². The highest BCUT2D eigenvalue weighted by atomic mass is 16.7. The molecule has 1 aromatic carbocycles. The molecule has 0 amide bonds. The summed E-state index contributed by atoms with van der Waals surface area (Å²) in [4.78, 5) is 24.8. The fourth-order valence-corrected chi connectivity index (χ4v) is 4.27. The van der Waals surface area contributed by atoms with Gasteiger partial charge in [-0.25, -0.2) is 9.78 Å². The summed E-state index contributed by atoms with van der Waals surface area (Å²) >= 11 is 0. The van der Waals surface area contributed by atoms with Crippen molar-refractivity contribution in [1.82, 2.24) is 9.97 Å². The van der Waals surface area contributed by atoms with Crippen LogP contribution in [0.15, 0.2) is 48.7 Å². The third kappa shape index (κ3) is 4.11. The van der Waals surface area contributed by atoms with Crippen LogP contribution in [0.5, 0.6) is 0 Å². The second kappa shape index (κ2) is 8.39. The largest absolute Gasteiger partial charge is 0.506 e. The third-order valence-corrected chi connectivity index (χ3v) is 5.83. The van der Waals surface area contributed by atoms with Gasteiger partial charge in [0.15, 0.2) is 0 Å². The molecule has 0 radical (unpaired) electrons. The van der Waals surface area contributed by atoms with E-state index in [1.165, 1.54) is 5.69 Å². The fourth-order valence-electron chi connectivity index (χ4n) is 4.27. The van der Waals surface area contributed by atoms with Crippen LogP contribution < -0.4 is 9.80 Å². The van der Waals surface area contributed by atoms with E-state index < -0.39 is 6.16 Å². The highest BCUT2D eigenvalue weighted by Crippen LogP contribution is 2.32. The van der Waals surface area contributed by atoms with Crippen molar-refractivity contribution < 1.29 is 19.4 Å². The molecule has 1 unspecified atom stereocenters. The molecule has 2 aromatic heterocycles. The molecule has 2 aliphatic rings. The van der Waals surface area contributed by atoms with Gasteiger partial charge in [-0.15, -0.1) is 0 Å². The predicted octanol–water partition coefficient (Wildman–Crippen LogP) is 3.41. The van der Waals surface area contributed by atoms with Gasteiger partial charge >= 0.3 is 6.16 Å². The van der Waals surface area contributed by atoms with Crippen LogP contribution in [0.4, 0.5) is 16.3 Å². The van der Waals surface area contributed by atoms with E-state index in [2.05, 4.69) is 39.0 Å². The number of morpholine rings is 1. The quantitative estimate of drug-likeness (QED) is 0.643. The van der Waals surface area contributed by atoms with Crippen LogP contribution in [0.3, 0.4) is 0 Å². The normalized spacial score (nSPS) is 19.0. The van der Waals surface area contributed by atoms with Gasteiger partial charge in [0.05, 0.1) is 31.0 Å². The van der Waals surface area contributed by atoms with Gasteiger partial charge in [0.1, 0.15) is 11.9 Å². The Morgan fingerprint density at radius 2 is 1.90 bits per heavy atom. The smallest absolute Gasteiger partial charge is 0.450 e. The number of nitrogens with zero attached hydrogens (tertiary/aromatic N) is 4. The first kappa shape index (κ1) is 19.6. The van der Waals surface area contributed by atoms with Crippen molar-refractivity contribution in [2.75, 3.05) is 49.2 Å². The van der Waals surface area contributed by atoms with Gasteiger partial charge in [0.25, 0.3) is 0 Å². The van der Waals surface area contributed by atoms with Crippen LogP contribution >= 0.6 is 0 Å². The Balaban J connectivity index is 1.46. The minimum atomic E-state index is -1.24. The molecule has 31 heavy (non-hydrogen) atoms. The van der Waals surface area contributed by atoms with Crippen LogP contribution in [0.2, 0.25) is 0 Å². The van der Waals surface area contributed by atoms with E-state index >= 15 is 0 Å². The van der Waals surface area contributed by atoms with Crippen molar-refractivity contribution in [3.05, 3.63) is 48.7 Å². The Kier molecular flexibility index (Phi) is 5.30. The lowest BCUT2D eigenvalue weighted by Gasteiger charge is -2.29. The van der Waals surface area contributed by atoms with Gasteiger partial charge in [-0.2, -0.15) is 0 Å². The molecule has 0 saturated carbocycles. The third-order valence-electron chi connectivity index (χ3n) is 5.83. The second-order valence-corrected chi connectivity index (χ2v) is 7.79. The van der Waals surface area contributed by atoms with Crippen molar-refractivity contribution in [1.29, 1.82) is 0 Å². The zero-order valence-electron chi connectivity index (χ0n) is 17.1. The van der Waals surface area contributed by atoms with Gasteiger partial charge in [0.2, 0.25) is 0 Å². The Morgan fingerprint density at radius 3 is 2.68 bits per heavy atom. The number of rotatable bonds is 4. The van der Waals surface area contributed by atoms with E-state index in [4.69, 9.17) is 19.6 Å². The molecule has 0 aliphatic carbocycles. The van der Waals surface area contributed by atoms with Gasteiger partial charge in [-0.05, 0) is 30.3 Å². The molecule has 8 nitrogen and oxygen atoms in total. The zero-order valence-corrected chi connectivity index (χ0v) is 17.1. The molecular weight excluding hydrogens is 396 g/mol. The van der Waals surface area contributed by atoms with E-state index in [-0.39, 0.29) is 6.10 Å². The number of carbonyl (C=O) groups is 1. The monoisotopic (exact) mass is 420 g/mol. The van der Waals surface area contributed by atoms with E-state index in [9.17, 15) is 4.79 Å². The zero-order chi connectivity index (χ0) is 21.2. The van der Waals surface area contributed by atoms with Crippen molar-refractivity contribution in [3.63, 3.8) is 0 Å². The van der Waals surface area contributed by atoms with E-state index in [0.29, 0.717) is 19.5 Å². The number of aromatic nitrogens is 2. The first-order valence-corrected chi connectivity index (χ1v) is 10.5. The van der Waals surface area contributed by atoms with Gasteiger partial charge in [0, 0.05) is 48.9 Å². The Labute approximate surface area is 180 Å². The minimum Gasteiger partial charge on any atom is -0.450 e. The SMILES string of the molecule is O=C(O)OC1CCN(c2nc(-c3ccc(N4CCOCC4)cc3)cc3ncccc23)C1. The summed E-state index contributed by atoms with van der Waals surface area (Å²) in [5, 5.41) is 9.89. The standard InChI is InChI=1S/C23H24N4O4/c28-23(29)31-18-7-9-27(15-18)22-19-2-1-8-24-21(19)14-20(25-22)16-3-5-17(6-4-16)26-10-12-30-13-11-26/h1-6,8,14,18H,7,9-13,15H2,(H,28,29). The summed E-state index contributed by atoms with van der Waals surface area (Å²) in [7, 11) is 0. The van der Waals surface area contributed by atoms with Gasteiger partial charge < -0.3 is 24.4 Å². The number of carboxylic acid groups (broad SMARTS) is 1. The lowest BCUT2D eigenvalue weighted by Crippen LogP contribution is -2.36. The maximum Gasteiger partial charge on any atom is 0.506 e. The number of anilines is 2. The van der Waals surface area contributed by atoms with Crippen molar-refractivity contribution >= 4 is 28.6 Å². The molecule has 8 heteroatoms. The van der Waals surface area contributed by atoms with Crippen molar-refractivity contribution in [3.8, 4) is 11.3 Å². The lowest BCUT2D eigenvalue weighted by atomic mass is 10.1.